The molecule has 0 unspecified atom stereocenters. The van der Waals surface area contributed by atoms with E-state index < -0.39 is 30.2 Å². The molecule has 0 spiro atoms. The van der Waals surface area contributed by atoms with Crippen LogP contribution in [0.15, 0.2) is 12.1 Å². The van der Waals surface area contributed by atoms with Crippen LogP contribution >= 0.6 is 0 Å². The highest BCUT2D eigenvalue weighted by Gasteiger charge is 2.24. The second-order valence-corrected chi connectivity index (χ2v) is 4.87. The van der Waals surface area contributed by atoms with Crippen LogP contribution in [0.1, 0.15) is 43.2 Å². The fourth-order valence-electron chi connectivity index (χ4n) is 1.52. The van der Waals surface area contributed by atoms with Crippen molar-refractivity contribution in [1.29, 1.82) is 0 Å². The van der Waals surface area contributed by atoms with E-state index in [1.54, 1.807) is 0 Å². The van der Waals surface area contributed by atoms with E-state index in [2.05, 4.69) is 4.98 Å². The molecule has 0 bridgehead atoms. The van der Waals surface area contributed by atoms with Gasteiger partial charge in [0.1, 0.15) is 5.69 Å². The monoisotopic (exact) mass is 274 g/mol. The van der Waals surface area contributed by atoms with Crippen molar-refractivity contribution in [3.63, 3.8) is 0 Å². The molecule has 0 aromatic carbocycles. The third-order valence-electron chi connectivity index (χ3n) is 3.11. The maximum atomic E-state index is 13.9. The van der Waals surface area contributed by atoms with Crippen molar-refractivity contribution in [3.8, 4) is 0 Å². The van der Waals surface area contributed by atoms with Gasteiger partial charge in [0.05, 0.1) is 6.54 Å². The minimum Gasteiger partial charge on any atom is -0.345 e. The van der Waals surface area contributed by atoms with Crippen LogP contribution in [-0.2, 0) is 5.41 Å². The Hall–Kier alpha value is -1.59. The maximum absolute atomic E-state index is 13.9. The van der Waals surface area contributed by atoms with Crippen LogP contribution in [0.4, 0.5) is 13.2 Å². The summed E-state index contributed by atoms with van der Waals surface area (Å²) in [6.45, 7) is 4.88. The molecule has 6 heteroatoms. The number of nitrogens with zero attached hydrogens (tertiary/aromatic N) is 1. The number of carbonyl (C=O) groups excluding carboxylic acids is 1. The van der Waals surface area contributed by atoms with Gasteiger partial charge >= 0.3 is 0 Å². The lowest BCUT2D eigenvalue weighted by atomic mass is 9.83. The Morgan fingerprint density at radius 1 is 1.42 bits per heavy atom. The number of hydrogen-bond donors (Lipinski definition) is 1. The van der Waals surface area contributed by atoms with Gasteiger partial charge in [-0.05, 0) is 17.9 Å². The molecule has 1 heterocycles. The second kappa shape index (κ2) is 6.04. The number of halogens is 3. The van der Waals surface area contributed by atoms with Gasteiger partial charge in [0.15, 0.2) is 0 Å². The van der Waals surface area contributed by atoms with Gasteiger partial charge in [-0.25, -0.2) is 13.8 Å². The molecule has 1 amide bonds. The van der Waals surface area contributed by atoms with E-state index in [0.717, 1.165) is 0 Å². The molecule has 1 aromatic heterocycles. The SMILES string of the molecule is CCC(C)(C)c1ccc(C(=O)NCC(F)F)nc1F. The molecule has 1 N–H and O–H groups in total. The minimum atomic E-state index is -2.65. The maximum Gasteiger partial charge on any atom is 0.270 e. The number of hydrogen-bond acceptors (Lipinski definition) is 2. The summed E-state index contributed by atoms with van der Waals surface area (Å²) in [6.07, 6.45) is -1.94. The molecule has 0 aliphatic heterocycles. The highest BCUT2D eigenvalue weighted by molar-refractivity contribution is 5.92. The zero-order valence-electron chi connectivity index (χ0n) is 11.1. The Bertz CT molecular complexity index is 461. The van der Waals surface area contributed by atoms with E-state index in [-0.39, 0.29) is 5.69 Å². The number of amides is 1. The minimum absolute atomic E-state index is 0.200. The highest BCUT2D eigenvalue weighted by atomic mass is 19.3. The summed E-state index contributed by atoms with van der Waals surface area (Å²) in [6, 6.07) is 2.82. The first-order valence-electron chi connectivity index (χ1n) is 6.01. The first-order chi connectivity index (χ1) is 8.77. The van der Waals surface area contributed by atoms with Gasteiger partial charge in [0.2, 0.25) is 5.95 Å². The number of nitrogens with one attached hydrogen (secondary N) is 1. The molecule has 1 rings (SSSR count). The molecule has 0 fully saturated rings. The van der Waals surface area contributed by atoms with Crippen molar-refractivity contribution in [2.75, 3.05) is 6.54 Å². The quantitative estimate of drug-likeness (QED) is 0.839. The van der Waals surface area contributed by atoms with Gasteiger partial charge in [-0.2, -0.15) is 4.39 Å². The number of pyridine rings is 1. The summed E-state index contributed by atoms with van der Waals surface area (Å²) >= 11 is 0. The molecule has 0 radical (unpaired) electrons. The predicted octanol–water partition coefficient (Wildman–Crippen LogP) is 2.90. The third-order valence-corrected chi connectivity index (χ3v) is 3.11. The van der Waals surface area contributed by atoms with Crippen molar-refractivity contribution in [1.82, 2.24) is 10.3 Å². The van der Waals surface area contributed by atoms with Gasteiger partial charge in [0.25, 0.3) is 12.3 Å². The number of alkyl halides is 2. The molecule has 19 heavy (non-hydrogen) atoms. The predicted molar refractivity (Wildman–Crippen MR) is 65.8 cm³/mol. The van der Waals surface area contributed by atoms with E-state index in [9.17, 15) is 18.0 Å². The van der Waals surface area contributed by atoms with Crippen LogP contribution < -0.4 is 5.32 Å². The molecule has 0 saturated heterocycles. The fourth-order valence-corrected chi connectivity index (χ4v) is 1.52. The molecule has 0 aliphatic rings. The smallest absolute Gasteiger partial charge is 0.270 e. The van der Waals surface area contributed by atoms with Crippen LogP contribution in [0.25, 0.3) is 0 Å². The number of carbonyl (C=O) groups is 1. The number of aromatic nitrogens is 1. The fraction of sp³-hybridized carbons (Fsp3) is 0.538. The van der Waals surface area contributed by atoms with Gasteiger partial charge in [-0.15, -0.1) is 0 Å². The molecule has 3 nitrogen and oxygen atoms in total. The third kappa shape index (κ3) is 3.94. The van der Waals surface area contributed by atoms with E-state index in [1.807, 2.05) is 26.1 Å². The molecule has 0 atom stereocenters. The van der Waals surface area contributed by atoms with E-state index in [4.69, 9.17) is 0 Å². The summed E-state index contributed by atoms with van der Waals surface area (Å²) in [5, 5.41) is 1.98. The lowest BCUT2D eigenvalue weighted by molar-refractivity contribution is 0.0885. The lowest BCUT2D eigenvalue weighted by Crippen LogP contribution is -2.29. The molecule has 106 valence electrons. The van der Waals surface area contributed by atoms with E-state index in [1.165, 1.54) is 12.1 Å². The molecular weight excluding hydrogens is 257 g/mol. The summed E-state index contributed by atoms with van der Waals surface area (Å²) in [4.78, 5) is 15.0. The topological polar surface area (TPSA) is 42.0 Å². The molecule has 1 aromatic rings. The summed E-state index contributed by atoms with van der Waals surface area (Å²) in [5.41, 5.74) is -0.191. The highest BCUT2D eigenvalue weighted by Crippen LogP contribution is 2.28. The van der Waals surface area contributed by atoms with E-state index in [0.29, 0.717) is 12.0 Å². The van der Waals surface area contributed by atoms with Crippen molar-refractivity contribution in [2.24, 2.45) is 0 Å². The van der Waals surface area contributed by atoms with Gasteiger partial charge < -0.3 is 5.32 Å². The first kappa shape index (κ1) is 15.5. The summed E-state index contributed by atoms with van der Waals surface area (Å²) < 4.78 is 37.7. The zero-order chi connectivity index (χ0) is 14.6. The Morgan fingerprint density at radius 3 is 2.53 bits per heavy atom. The van der Waals surface area contributed by atoms with Gasteiger partial charge in [-0.3, -0.25) is 4.79 Å². The summed E-state index contributed by atoms with van der Waals surface area (Å²) in [5.74, 6) is -1.54. The van der Waals surface area contributed by atoms with Crippen LogP contribution in [0.3, 0.4) is 0 Å². The lowest BCUT2D eigenvalue weighted by Gasteiger charge is -2.23. The average Bonchev–Trinajstić information content (AvgIpc) is 2.35. The first-order valence-corrected chi connectivity index (χ1v) is 6.01. The van der Waals surface area contributed by atoms with Gasteiger partial charge in [0, 0.05) is 5.56 Å². The van der Waals surface area contributed by atoms with Crippen molar-refractivity contribution in [2.45, 2.75) is 39.0 Å². The van der Waals surface area contributed by atoms with Crippen molar-refractivity contribution >= 4 is 5.91 Å². The van der Waals surface area contributed by atoms with E-state index >= 15 is 0 Å². The number of rotatable bonds is 5. The second-order valence-electron chi connectivity index (χ2n) is 4.87. The standard InChI is InChI=1S/C13H17F3N2O/c1-4-13(2,3)8-5-6-9(18-11(8)16)12(19)17-7-10(14)15/h5-6,10H,4,7H2,1-3H3,(H,17,19). The van der Waals surface area contributed by atoms with Crippen molar-refractivity contribution in [3.05, 3.63) is 29.3 Å². The Balaban J connectivity index is 2.91. The Labute approximate surface area is 110 Å². The molecule has 0 aliphatic carbocycles. The van der Waals surface area contributed by atoms with Crippen LogP contribution in [-0.4, -0.2) is 23.9 Å². The Kier molecular flexibility index (Phi) is 4.91. The Morgan fingerprint density at radius 2 is 2.05 bits per heavy atom. The average molecular weight is 274 g/mol. The summed E-state index contributed by atoms with van der Waals surface area (Å²) in [7, 11) is 0. The van der Waals surface area contributed by atoms with Crippen LogP contribution in [0.2, 0.25) is 0 Å². The zero-order valence-corrected chi connectivity index (χ0v) is 11.1. The molecule has 0 saturated carbocycles. The normalized spacial score (nSPS) is 11.7. The van der Waals surface area contributed by atoms with Crippen LogP contribution in [0.5, 0.6) is 0 Å². The van der Waals surface area contributed by atoms with Gasteiger partial charge in [-0.1, -0.05) is 26.8 Å². The van der Waals surface area contributed by atoms with Crippen LogP contribution in [0, 0.1) is 5.95 Å². The molecular formula is C13H17F3N2O. The largest absolute Gasteiger partial charge is 0.345 e. The van der Waals surface area contributed by atoms with Crippen molar-refractivity contribution < 1.29 is 18.0 Å².